The number of hydrogen-bond acceptors (Lipinski definition) is 3. The van der Waals surface area contributed by atoms with Crippen LogP contribution in [0.3, 0.4) is 0 Å². The molecule has 0 atom stereocenters. The van der Waals surface area contributed by atoms with Crippen LogP contribution in [0.1, 0.15) is 17.3 Å². The second-order valence-corrected chi connectivity index (χ2v) is 4.12. The molecule has 0 aliphatic carbocycles. The molecule has 0 heterocycles. The standard InChI is InChI=1S/C16H14N2O2/c1-2-6-16(19)13-9-11-15(12-10-13)18(20)17-14-7-4-3-5-8-14/h2-12H,1H3. The van der Waals surface area contributed by atoms with Gasteiger partial charge in [-0.25, -0.2) is 0 Å². The molecule has 2 aromatic carbocycles. The summed E-state index contributed by atoms with van der Waals surface area (Å²) in [4.78, 5) is 12.2. The smallest absolute Gasteiger partial charge is 0.244 e. The van der Waals surface area contributed by atoms with Crippen LogP contribution in [0, 0.1) is 5.21 Å². The molecule has 4 heteroatoms. The number of benzene rings is 2. The van der Waals surface area contributed by atoms with Gasteiger partial charge in [-0.3, -0.25) is 4.79 Å². The first kappa shape index (κ1) is 13.7. The van der Waals surface area contributed by atoms with Gasteiger partial charge in [0.2, 0.25) is 5.69 Å². The predicted molar refractivity (Wildman–Crippen MR) is 77.4 cm³/mol. The molecule has 0 saturated heterocycles. The van der Waals surface area contributed by atoms with Crippen molar-refractivity contribution < 1.29 is 9.66 Å². The molecular formula is C16H14N2O2. The maximum atomic E-state index is 11.9. The summed E-state index contributed by atoms with van der Waals surface area (Å²) in [5.41, 5.74) is 1.50. The molecule has 4 nitrogen and oxygen atoms in total. The van der Waals surface area contributed by atoms with E-state index < -0.39 is 0 Å². The van der Waals surface area contributed by atoms with Gasteiger partial charge in [0.15, 0.2) is 5.78 Å². The molecule has 0 aromatic heterocycles. The normalized spacial score (nSPS) is 11.8. The van der Waals surface area contributed by atoms with Gasteiger partial charge in [-0.15, -0.1) is 0 Å². The Balaban J connectivity index is 2.22. The predicted octanol–water partition coefficient (Wildman–Crippen LogP) is 4.37. The molecule has 0 unspecified atom stereocenters. The Kier molecular flexibility index (Phi) is 4.39. The highest BCUT2D eigenvalue weighted by molar-refractivity contribution is 6.04. The van der Waals surface area contributed by atoms with Gasteiger partial charge in [0.25, 0.3) is 0 Å². The molecule has 2 rings (SSSR count). The largest absolute Gasteiger partial charge is 0.594 e. The van der Waals surface area contributed by atoms with E-state index in [1.807, 2.05) is 18.2 Å². The van der Waals surface area contributed by atoms with Crippen LogP contribution in [0.25, 0.3) is 0 Å². The Labute approximate surface area is 117 Å². The molecule has 0 fully saturated rings. The fourth-order valence-electron chi connectivity index (χ4n) is 1.66. The molecule has 20 heavy (non-hydrogen) atoms. The first-order chi connectivity index (χ1) is 9.70. The lowest BCUT2D eigenvalue weighted by Gasteiger charge is -2.00. The topological polar surface area (TPSA) is 55.5 Å². The molecule has 0 aliphatic rings. The third-order valence-corrected chi connectivity index (χ3v) is 2.65. The number of carbonyl (C=O) groups is 1. The molecule has 2 aromatic rings. The maximum Gasteiger partial charge on any atom is 0.244 e. The van der Waals surface area contributed by atoms with Crippen LogP contribution in [-0.2, 0) is 0 Å². The van der Waals surface area contributed by atoms with Crippen LogP contribution >= 0.6 is 0 Å². The third-order valence-electron chi connectivity index (χ3n) is 2.65. The summed E-state index contributed by atoms with van der Waals surface area (Å²) in [7, 11) is 0. The minimum atomic E-state index is -0.0866. The van der Waals surface area contributed by atoms with Crippen molar-refractivity contribution in [1.29, 1.82) is 0 Å². The van der Waals surface area contributed by atoms with E-state index >= 15 is 0 Å². The van der Waals surface area contributed by atoms with Crippen molar-refractivity contribution >= 4 is 17.2 Å². The molecule has 0 radical (unpaired) electrons. The number of ketones is 1. The van der Waals surface area contributed by atoms with E-state index in [0.29, 0.717) is 21.8 Å². The van der Waals surface area contributed by atoms with E-state index in [4.69, 9.17) is 0 Å². The van der Waals surface area contributed by atoms with Gasteiger partial charge < -0.3 is 5.21 Å². The first-order valence-electron chi connectivity index (χ1n) is 6.22. The van der Waals surface area contributed by atoms with Gasteiger partial charge in [-0.05, 0) is 37.3 Å². The summed E-state index contributed by atoms with van der Waals surface area (Å²) in [5.74, 6) is -0.0866. The first-order valence-corrected chi connectivity index (χ1v) is 6.22. The summed E-state index contributed by atoms with van der Waals surface area (Å²) in [6, 6.07) is 15.4. The van der Waals surface area contributed by atoms with Crippen molar-refractivity contribution in [3.8, 4) is 0 Å². The van der Waals surface area contributed by atoms with Crippen molar-refractivity contribution in [2.24, 2.45) is 5.11 Å². The Bertz CT molecular complexity index is 644. The van der Waals surface area contributed by atoms with Gasteiger partial charge in [0.05, 0.1) is 0 Å². The Hall–Kier alpha value is -2.75. The summed E-state index contributed by atoms with van der Waals surface area (Å²) in [5, 5.41) is 15.8. The van der Waals surface area contributed by atoms with Gasteiger partial charge in [-0.2, -0.15) is 0 Å². The van der Waals surface area contributed by atoms with Crippen LogP contribution in [-0.4, -0.2) is 10.6 Å². The van der Waals surface area contributed by atoms with E-state index in [9.17, 15) is 10.0 Å². The SMILES string of the molecule is CC=CC(=O)c1ccc([N+]([O-])=Nc2ccccc2)cc1. The van der Waals surface area contributed by atoms with Crippen LogP contribution in [0.5, 0.6) is 0 Å². The van der Waals surface area contributed by atoms with Gasteiger partial charge in [0.1, 0.15) is 5.69 Å². The molecule has 100 valence electrons. The van der Waals surface area contributed by atoms with E-state index in [0.717, 1.165) is 0 Å². The summed E-state index contributed by atoms with van der Waals surface area (Å²) < 4.78 is 0. The Morgan fingerprint density at radius 2 is 1.75 bits per heavy atom. The number of nitrogens with zero attached hydrogens (tertiary/aromatic N) is 2. The van der Waals surface area contributed by atoms with E-state index in [1.54, 1.807) is 49.4 Å². The molecule has 0 amide bonds. The lowest BCUT2D eigenvalue weighted by Crippen LogP contribution is -1.95. The number of carbonyl (C=O) groups excluding carboxylic acids is 1. The average Bonchev–Trinajstić information content (AvgIpc) is 2.48. The summed E-state index contributed by atoms with van der Waals surface area (Å²) in [6.07, 6.45) is 3.17. The van der Waals surface area contributed by atoms with Crippen LogP contribution < -0.4 is 0 Å². The second-order valence-electron chi connectivity index (χ2n) is 4.12. The zero-order valence-electron chi connectivity index (χ0n) is 11.1. The van der Waals surface area contributed by atoms with Gasteiger partial charge >= 0.3 is 0 Å². The minimum Gasteiger partial charge on any atom is -0.594 e. The quantitative estimate of drug-likeness (QED) is 0.271. The minimum absolute atomic E-state index is 0.0866. The highest BCUT2D eigenvalue weighted by atomic mass is 16.5. The van der Waals surface area contributed by atoms with E-state index in [-0.39, 0.29) is 5.78 Å². The Morgan fingerprint density at radius 1 is 1.10 bits per heavy atom. The van der Waals surface area contributed by atoms with Crippen LogP contribution in [0.2, 0.25) is 0 Å². The summed E-state index contributed by atoms with van der Waals surface area (Å²) >= 11 is 0. The lowest BCUT2D eigenvalue weighted by atomic mass is 10.1. The van der Waals surface area contributed by atoms with Crippen molar-refractivity contribution in [1.82, 2.24) is 0 Å². The molecule has 0 aliphatic heterocycles. The van der Waals surface area contributed by atoms with Crippen molar-refractivity contribution in [3.63, 3.8) is 0 Å². The molecule has 0 saturated carbocycles. The highest BCUT2D eigenvalue weighted by Gasteiger charge is 2.06. The molecular weight excluding hydrogens is 252 g/mol. The fraction of sp³-hybridized carbons (Fsp3) is 0.0625. The number of allylic oxidation sites excluding steroid dienone is 2. The van der Waals surface area contributed by atoms with Gasteiger partial charge in [-0.1, -0.05) is 29.1 Å². The van der Waals surface area contributed by atoms with Crippen molar-refractivity contribution in [2.45, 2.75) is 6.92 Å². The van der Waals surface area contributed by atoms with Crippen LogP contribution in [0.15, 0.2) is 71.9 Å². The van der Waals surface area contributed by atoms with Crippen LogP contribution in [0.4, 0.5) is 11.4 Å². The monoisotopic (exact) mass is 266 g/mol. The van der Waals surface area contributed by atoms with E-state index in [1.165, 1.54) is 6.08 Å². The Morgan fingerprint density at radius 3 is 2.35 bits per heavy atom. The molecule has 0 N–H and O–H groups in total. The maximum absolute atomic E-state index is 11.9. The average molecular weight is 266 g/mol. The third kappa shape index (κ3) is 3.38. The highest BCUT2D eigenvalue weighted by Crippen LogP contribution is 2.17. The lowest BCUT2D eigenvalue weighted by molar-refractivity contribution is -0.435. The molecule has 0 bridgehead atoms. The number of hydrogen-bond donors (Lipinski definition) is 0. The number of azo groups is 1. The summed E-state index contributed by atoms with van der Waals surface area (Å²) in [6.45, 7) is 1.78. The van der Waals surface area contributed by atoms with Crippen molar-refractivity contribution in [3.05, 3.63) is 77.5 Å². The number of rotatable bonds is 4. The van der Waals surface area contributed by atoms with E-state index in [2.05, 4.69) is 5.11 Å². The molecule has 0 spiro atoms. The van der Waals surface area contributed by atoms with Crippen molar-refractivity contribution in [2.75, 3.05) is 0 Å². The van der Waals surface area contributed by atoms with Gasteiger partial charge in [0, 0.05) is 22.8 Å². The fourth-order valence-corrected chi connectivity index (χ4v) is 1.66. The second kappa shape index (κ2) is 6.43. The zero-order valence-corrected chi connectivity index (χ0v) is 11.1. The zero-order chi connectivity index (χ0) is 14.4.